The van der Waals surface area contributed by atoms with Crippen LogP contribution in [0.2, 0.25) is 0 Å². The number of nitrogens with zero attached hydrogens (tertiary/aromatic N) is 4. The number of nitrogens with one attached hydrogen (secondary N) is 1. The normalized spacial score (nSPS) is 24.9. The average molecular weight is 468 g/mol. The lowest BCUT2D eigenvalue weighted by atomic mass is 9.91. The molecule has 0 radical (unpaired) electrons. The number of carbonyl (C=O) groups excluding carboxylic acids is 2. The molecule has 2 amide bonds. The number of hydrogen-bond acceptors (Lipinski definition) is 5. The van der Waals surface area contributed by atoms with E-state index in [0.717, 1.165) is 64.1 Å². The number of carbonyl (C=O) groups is 2. The Morgan fingerprint density at radius 2 is 1.79 bits per heavy atom. The van der Waals surface area contributed by atoms with E-state index < -0.39 is 5.54 Å². The molecule has 3 aliphatic rings. The number of piperazine rings is 1. The lowest BCUT2D eigenvalue weighted by Gasteiger charge is -2.46. The third kappa shape index (κ3) is 4.41. The third-order valence-corrected chi connectivity index (χ3v) is 7.95. The fourth-order valence-electron chi connectivity index (χ4n) is 5.66. The fraction of sp³-hybridized carbons (Fsp3) is 0.615. The van der Waals surface area contributed by atoms with Crippen LogP contribution in [0.15, 0.2) is 34.9 Å². The SMILES string of the molecule is CN1CCN(CCN2C(=O)c3ccc(-c4ccco4)n3CC2(C)C(=O)NC2CCCCC2)CC1. The second kappa shape index (κ2) is 9.58. The molecular weight excluding hydrogens is 430 g/mol. The number of rotatable bonds is 6. The standard InChI is InChI=1S/C26H37N5O3/c1-26(25(33)27-20-7-4-3-5-8-20)19-30-21(23-9-6-18-34-23)10-11-22(30)24(32)31(26)17-16-29-14-12-28(2)13-15-29/h6,9-11,18,20H,3-5,7-8,12-17,19H2,1-2H3,(H,27,33). The molecule has 1 aliphatic carbocycles. The molecule has 1 N–H and O–H groups in total. The Bertz CT molecular complexity index is 1000. The molecule has 1 saturated carbocycles. The van der Waals surface area contributed by atoms with E-state index in [-0.39, 0.29) is 17.9 Å². The van der Waals surface area contributed by atoms with Crippen LogP contribution < -0.4 is 5.32 Å². The summed E-state index contributed by atoms with van der Waals surface area (Å²) in [5, 5.41) is 3.31. The highest BCUT2D eigenvalue weighted by molar-refractivity contribution is 6.00. The molecule has 5 rings (SSSR count). The van der Waals surface area contributed by atoms with Crippen molar-refractivity contribution in [3.63, 3.8) is 0 Å². The minimum absolute atomic E-state index is 0.0455. The summed E-state index contributed by atoms with van der Waals surface area (Å²) >= 11 is 0. The first-order valence-corrected chi connectivity index (χ1v) is 12.7. The summed E-state index contributed by atoms with van der Waals surface area (Å²) < 4.78 is 7.60. The van der Waals surface area contributed by atoms with Crippen molar-refractivity contribution in [2.24, 2.45) is 0 Å². The maximum Gasteiger partial charge on any atom is 0.271 e. The molecule has 1 saturated heterocycles. The van der Waals surface area contributed by atoms with Crippen molar-refractivity contribution < 1.29 is 14.0 Å². The van der Waals surface area contributed by atoms with Crippen LogP contribution in [0.25, 0.3) is 11.5 Å². The minimum atomic E-state index is -0.964. The zero-order chi connectivity index (χ0) is 23.7. The fourth-order valence-corrected chi connectivity index (χ4v) is 5.66. The summed E-state index contributed by atoms with van der Waals surface area (Å²) in [7, 11) is 2.14. The molecule has 8 heteroatoms. The molecule has 1 unspecified atom stereocenters. The van der Waals surface area contributed by atoms with Crippen LogP contribution in [0.3, 0.4) is 0 Å². The molecule has 0 bridgehead atoms. The monoisotopic (exact) mass is 467 g/mol. The molecule has 34 heavy (non-hydrogen) atoms. The Kier molecular flexibility index (Phi) is 6.53. The lowest BCUT2D eigenvalue weighted by molar-refractivity contribution is -0.134. The van der Waals surface area contributed by atoms with Gasteiger partial charge in [-0.25, -0.2) is 0 Å². The molecule has 2 aliphatic heterocycles. The smallest absolute Gasteiger partial charge is 0.271 e. The topological polar surface area (TPSA) is 74.0 Å². The quantitative estimate of drug-likeness (QED) is 0.707. The second-order valence-electron chi connectivity index (χ2n) is 10.4. The lowest BCUT2D eigenvalue weighted by Crippen LogP contribution is -2.66. The Labute approximate surface area is 201 Å². The van der Waals surface area contributed by atoms with Crippen LogP contribution in [0.1, 0.15) is 49.5 Å². The molecule has 0 aromatic carbocycles. The zero-order valence-corrected chi connectivity index (χ0v) is 20.5. The van der Waals surface area contributed by atoms with E-state index >= 15 is 0 Å². The summed E-state index contributed by atoms with van der Waals surface area (Å²) in [6.07, 6.45) is 7.21. The van der Waals surface area contributed by atoms with Crippen molar-refractivity contribution >= 4 is 11.8 Å². The first kappa shape index (κ1) is 23.2. The number of likely N-dealkylation sites (N-methyl/N-ethyl adjacent to an activating group) is 1. The predicted octanol–water partition coefficient (Wildman–Crippen LogP) is 2.66. The van der Waals surface area contributed by atoms with Gasteiger partial charge in [-0.1, -0.05) is 19.3 Å². The first-order valence-electron chi connectivity index (χ1n) is 12.7. The summed E-state index contributed by atoms with van der Waals surface area (Å²) in [6.45, 7) is 7.70. The molecular formula is C26H37N5O3. The van der Waals surface area contributed by atoms with E-state index in [1.165, 1.54) is 6.42 Å². The van der Waals surface area contributed by atoms with Crippen LogP contribution in [0.4, 0.5) is 0 Å². The van der Waals surface area contributed by atoms with Crippen molar-refractivity contribution in [1.29, 1.82) is 0 Å². The van der Waals surface area contributed by atoms with Crippen LogP contribution >= 0.6 is 0 Å². The van der Waals surface area contributed by atoms with Gasteiger partial charge in [0.15, 0.2) is 0 Å². The van der Waals surface area contributed by atoms with Gasteiger partial charge in [0.05, 0.1) is 18.5 Å². The van der Waals surface area contributed by atoms with Crippen molar-refractivity contribution in [2.75, 3.05) is 46.3 Å². The van der Waals surface area contributed by atoms with Gasteiger partial charge in [0.2, 0.25) is 5.91 Å². The number of amides is 2. The Hall–Kier alpha value is -2.58. The van der Waals surface area contributed by atoms with Crippen LogP contribution in [-0.4, -0.2) is 89.0 Å². The molecule has 8 nitrogen and oxygen atoms in total. The van der Waals surface area contributed by atoms with E-state index in [2.05, 4.69) is 22.2 Å². The van der Waals surface area contributed by atoms with Crippen molar-refractivity contribution in [2.45, 2.75) is 57.2 Å². The molecule has 2 aromatic rings. The van der Waals surface area contributed by atoms with Crippen LogP contribution in [0.5, 0.6) is 0 Å². The van der Waals surface area contributed by atoms with Crippen LogP contribution in [0, 0.1) is 0 Å². The maximum atomic E-state index is 13.8. The van der Waals surface area contributed by atoms with Crippen molar-refractivity contribution in [1.82, 2.24) is 24.6 Å². The number of aromatic nitrogens is 1. The van der Waals surface area contributed by atoms with E-state index in [4.69, 9.17) is 4.42 Å². The summed E-state index contributed by atoms with van der Waals surface area (Å²) in [5.74, 6) is 0.579. The zero-order valence-electron chi connectivity index (χ0n) is 20.5. The van der Waals surface area contributed by atoms with Gasteiger partial charge in [-0.3, -0.25) is 14.5 Å². The average Bonchev–Trinajstić information content (AvgIpc) is 3.50. The highest BCUT2D eigenvalue weighted by Gasteiger charge is 2.48. The molecule has 2 aromatic heterocycles. The Balaban J connectivity index is 1.42. The van der Waals surface area contributed by atoms with E-state index in [0.29, 0.717) is 24.5 Å². The molecule has 1 atom stereocenters. The first-order chi connectivity index (χ1) is 16.5. The van der Waals surface area contributed by atoms with Gasteiger partial charge < -0.3 is 24.1 Å². The Morgan fingerprint density at radius 3 is 2.50 bits per heavy atom. The minimum Gasteiger partial charge on any atom is -0.463 e. The highest BCUT2D eigenvalue weighted by atomic mass is 16.3. The van der Waals surface area contributed by atoms with Gasteiger partial charge >= 0.3 is 0 Å². The largest absolute Gasteiger partial charge is 0.463 e. The predicted molar refractivity (Wildman–Crippen MR) is 131 cm³/mol. The van der Waals surface area contributed by atoms with E-state index in [9.17, 15) is 9.59 Å². The maximum absolute atomic E-state index is 13.8. The van der Waals surface area contributed by atoms with Crippen LogP contribution in [-0.2, 0) is 11.3 Å². The van der Waals surface area contributed by atoms with Gasteiger partial charge in [-0.15, -0.1) is 0 Å². The number of furan rings is 1. The summed E-state index contributed by atoms with van der Waals surface area (Å²) in [5.41, 5.74) is 0.491. The highest BCUT2D eigenvalue weighted by Crippen LogP contribution is 2.33. The second-order valence-corrected chi connectivity index (χ2v) is 10.4. The third-order valence-electron chi connectivity index (χ3n) is 7.95. The number of fused-ring (bicyclic) bond motifs is 1. The summed E-state index contributed by atoms with van der Waals surface area (Å²) in [4.78, 5) is 34.2. The van der Waals surface area contributed by atoms with Gasteiger partial charge in [-0.2, -0.15) is 0 Å². The molecule has 0 spiro atoms. The molecule has 184 valence electrons. The Morgan fingerprint density at radius 1 is 1.06 bits per heavy atom. The molecule has 4 heterocycles. The summed E-state index contributed by atoms with van der Waals surface area (Å²) in [6, 6.07) is 7.73. The number of hydrogen-bond donors (Lipinski definition) is 1. The van der Waals surface area contributed by atoms with Crippen molar-refractivity contribution in [3.05, 3.63) is 36.2 Å². The van der Waals surface area contributed by atoms with Gasteiger partial charge in [0, 0.05) is 45.3 Å². The van der Waals surface area contributed by atoms with E-state index in [1.807, 2.05) is 40.7 Å². The van der Waals surface area contributed by atoms with Gasteiger partial charge in [0.25, 0.3) is 5.91 Å². The van der Waals surface area contributed by atoms with Gasteiger partial charge in [0.1, 0.15) is 17.0 Å². The van der Waals surface area contributed by atoms with Gasteiger partial charge in [-0.05, 0) is 51.1 Å². The van der Waals surface area contributed by atoms with Crippen molar-refractivity contribution in [3.8, 4) is 11.5 Å². The molecule has 2 fully saturated rings. The van der Waals surface area contributed by atoms with E-state index in [1.54, 1.807) is 6.26 Å².